The number of carbonyl (C=O) groups is 1. The molecule has 0 radical (unpaired) electrons. The summed E-state index contributed by atoms with van der Waals surface area (Å²) in [7, 11) is 0. The van der Waals surface area contributed by atoms with Gasteiger partial charge in [-0.2, -0.15) is 5.26 Å². The molecule has 1 aromatic carbocycles. The Kier molecular flexibility index (Phi) is 6.85. The van der Waals surface area contributed by atoms with E-state index in [1.165, 1.54) is 6.07 Å². The molecule has 0 spiro atoms. The van der Waals surface area contributed by atoms with Crippen LogP contribution in [0.2, 0.25) is 0 Å². The van der Waals surface area contributed by atoms with Crippen LogP contribution >= 0.6 is 22.6 Å². The SMILES string of the molecule is CC(C)(C)OC(=O)N1CCC(n2cc(I)c(OCc3ccc(C#N)cc3F)n2)CC1. The van der Waals surface area contributed by atoms with Gasteiger partial charge in [0.1, 0.15) is 18.0 Å². The van der Waals surface area contributed by atoms with Crippen molar-refractivity contribution in [3.05, 3.63) is 44.9 Å². The molecule has 30 heavy (non-hydrogen) atoms. The fourth-order valence-electron chi connectivity index (χ4n) is 3.16. The molecule has 2 heterocycles. The topological polar surface area (TPSA) is 80.4 Å². The van der Waals surface area contributed by atoms with Gasteiger partial charge in [0.05, 0.1) is 21.2 Å². The van der Waals surface area contributed by atoms with Gasteiger partial charge in [0.15, 0.2) is 0 Å². The Morgan fingerprint density at radius 3 is 2.67 bits per heavy atom. The summed E-state index contributed by atoms with van der Waals surface area (Å²) in [5.41, 5.74) is 0.130. The lowest BCUT2D eigenvalue weighted by Crippen LogP contribution is -2.42. The van der Waals surface area contributed by atoms with Crippen molar-refractivity contribution in [2.24, 2.45) is 0 Å². The summed E-state index contributed by atoms with van der Waals surface area (Å²) in [6, 6.07) is 6.36. The molecule has 160 valence electrons. The third-order valence-corrected chi connectivity index (χ3v) is 5.43. The second-order valence-electron chi connectivity index (χ2n) is 8.17. The molecule has 9 heteroatoms. The quantitative estimate of drug-likeness (QED) is 0.542. The van der Waals surface area contributed by atoms with E-state index >= 15 is 0 Å². The van der Waals surface area contributed by atoms with Crippen molar-refractivity contribution in [3.8, 4) is 11.9 Å². The lowest BCUT2D eigenvalue weighted by atomic mass is 10.1. The molecule has 0 N–H and O–H groups in total. The van der Waals surface area contributed by atoms with Gasteiger partial charge in [-0.15, -0.1) is 5.10 Å². The van der Waals surface area contributed by atoms with Crippen LogP contribution in [0.25, 0.3) is 0 Å². The summed E-state index contributed by atoms with van der Waals surface area (Å²) in [6.45, 7) is 6.80. The number of likely N-dealkylation sites (tertiary alicyclic amines) is 1. The maximum Gasteiger partial charge on any atom is 0.410 e. The molecule has 0 unspecified atom stereocenters. The largest absolute Gasteiger partial charge is 0.471 e. The minimum absolute atomic E-state index is 0.0294. The van der Waals surface area contributed by atoms with E-state index in [0.717, 1.165) is 16.4 Å². The van der Waals surface area contributed by atoms with E-state index < -0.39 is 11.4 Å². The van der Waals surface area contributed by atoms with Crippen molar-refractivity contribution in [1.82, 2.24) is 14.7 Å². The monoisotopic (exact) mass is 526 g/mol. The van der Waals surface area contributed by atoms with E-state index in [0.29, 0.717) is 24.5 Å². The molecule has 1 aliphatic rings. The van der Waals surface area contributed by atoms with E-state index in [1.807, 2.05) is 37.7 Å². The van der Waals surface area contributed by atoms with Gasteiger partial charge in [0, 0.05) is 24.8 Å². The highest BCUT2D eigenvalue weighted by Crippen LogP contribution is 2.28. The Morgan fingerprint density at radius 1 is 1.37 bits per heavy atom. The van der Waals surface area contributed by atoms with Gasteiger partial charge >= 0.3 is 6.09 Å². The van der Waals surface area contributed by atoms with E-state index in [-0.39, 0.29) is 24.3 Å². The average molecular weight is 526 g/mol. The molecular weight excluding hydrogens is 502 g/mol. The van der Waals surface area contributed by atoms with E-state index in [1.54, 1.807) is 17.0 Å². The molecule has 1 aliphatic heterocycles. The van der Waals surface area contributed by atoms with Gasteiger partial charge in [-0.05, 0) is 68.3 Å². The van der Waals surface area contributed by atoms with Crippen LogP contribution in [0.1, 0.15) is 50.8 Å². The molecule has 2 aromatic rings. The molecule has 1 saturated heterocycles. The molecule has 0 bridgehead atoms. The lowest BCUT2D eigenvalue weighted by molar-refractivity contribution is 0.0184. The number of ether oxygens (including phenoxy) is 2. The fraction of sp³-hybridized carbons (Fsp3) is 0.476. The number of rotatable bonds is 4. The minimum Gasteiger partial charge on any atom is -0.471 e. The predicted molar refractivity (Wildman–Crippen MR) is 116 cm³/mol. The maximum atomic E-state index is 14.0. The van der Waals surface area contributed by atoms with E-state index in [9.17, 15) is 9.18 Å². The van der Waals surface area contributed by atoms with Crippen LogP contribution in [0.3, 0.4) is 0 Å². The van der Waals surface area contributed by atoms with Crippen LogP contribution in [0.4, 0.5) is 9.18 Å². The highest BCUT2D eigenvalue weighted by Gasteiger charge is 2.28. The normalized spacial score (nSPS) is 15.0. The molecular formula is C21H24FIN4O3. The zero-order chi connectivity index (χ0) is 21.9. The average Bonchev–Trinajstić information content (AvgIpc) is 3.06. The zero-order valence-electron chi connectivity index (χ0n) is 17.2. The van der Waals surface area contributed by atoms with Crippen molar-refractivity contribution in [2.45, 2.75) is 51.9 Å². The second kappa shape index (κ2) is 9.20. The smallest absolute Gasteiger partial charge is 0.410 e. The molecule has 1 aromatic heterocycles. The minimum atomic E-state index is -0.507. The van der Waals surface area contributed by atoms with Gasteiger partial charge in [-0.1, -0.05) is 6.07 Å². The number of hydrogen-bond donors (Lipinski definition) is 0. The Labute approximate surface area is 188 Å². The first kappa shape index (κ1) is 22.3. The highest BCUT2D eigenvalue weighted by molar-refractivity contribution is 14.1. The molecule has 0 saturated carbocycles. The number of hydrogen-bond acceptors (Lipinski definition) is 5. The number of aromatic nitrogens is 2. The van der Waals surface area contributed by atoms with Crippen molar-refractivity contribution in [1.29, 1.82) is 5.26 Å². The third-order valence-electron chi connectivity index (χ3n) is 4.69. The summed E-state index contributed by atoms with van der Waals surface area (Å²) in [5.74, 6) is -0.0352. The third kappa shape index (κ3) is 5.62. The molecule has 0 aliphatic carbocycles. The van der Waals surface area contributed by atoms with Crippen LogP contribution in [0.15, 0.2) is 24.4 Å². The van der Waals surface area contributed by atoms with Gasteiger partial charge in [-0.25, -0.2) is 9.18 Å². The van der Waals surface area contributed by atoms with Crippen molar-refractivity contribution >= 4 is 28.7 Å². The Bertz CT molecular complexity index is 956. The first-order chi connectivity index (χ1) is 14.2. The summed E-state index contributed by atoms with van der Waals surface area (Å²) >= 11 is 2.14. The Balaban J connectivity index is 1.58. The molecule has 0 atom stereocenters. The number of carbonyl (C=O) groups excluding carboxylic acids is 1. The van der Waals surface area contributed by atoms with Crippen LogP contribution in [-0.4, -0.2) is 39.5 Å². The molecule has 1 fully saturated rings. The summed E-state index contributed by atoms with van der Waals surface area (Å²) < 4.78 is 27.9. The number of amides is 1. The van der Waals surface area contributed by atoms with E-state index in [2.05, 4.69) is 27.7 Å². The van der Waals surface area contributed by atoms with E-state index in [4.69, 9.17) is 14.7 Å². The molecule has 7 nitrogen and oxygen atoms in total. The summed E-state index contributed by atoms with van der Waals surface area (Å²) in [4.78, 5) is 13.9. The van der Waals surface area contributed by atoms with Gasteiger partial charge in [-0.3, -0.25) is 4.68 Å². The first-order valence-corrected chi connectivity index (χ1v) is 10.8. The van der Waals surface area contributed by atoms with Crippen LogP contribution < -0.4 is 4.74 Å². The molecule has 3 rings (SSSR count). The summed E-state index contributed by atoms with van der Waals surface area (Å²) in [5, 5.41) is 13.3. The summed E-state index contributed by atoms with van der Waals surface area (Å²) in [6.07, 6.45) is 3.14. The zero-order valence-corrected chi connectivity index (χ0v) is 19.3. The van der Waals surface area contributed by atoms with Crippen molar-refractivity contribution < 1.29 is 18.7 Å². The fourth-order valence-corrected chi connectivity index (χ4v) is 3.71. The second-order valence-corrected chi connectivity index (χ2v) is 9.33. The number of nitriles is 1. The van der Waals surface area contributed by atoms with Crippen molar-refractivity contribution in [2.75, 3.05) is 13.1 Å². The highest BCUT2D eigenvalue weighted by atomic mass is 127. The first-order valence-electron chi connectivity index (χ1n) is 9.70. The number of piperidine rings is 1. The molecule has 1 amide bonds. The Hall–Kier alpha value is -2.35. The number of benzene rings is 1. The Morgan fingerprint density at radius 2 is 2.07 bits per heavy atom. The number of halogens is 2. The van der Waals surface area contributed by atoms with Crippen molar-refractivity contribution in [3.63, 3.8) is 0 Å². The van der Waals surface area contributed by atoms with Gasteiger partial charge in [0.2, 0.25) is 5.88 Å². The maximum absolute atomic E-state index is 14.0. The van der Waals surface area contributed by atoms with Crippen LogP contribution in [0, 0.1) is 20.7 Å². The van der Waals surface area contributed by atoms with Crippen LogP contribution in [0.5, 0.6) is 5.88 Å². The number of nitrogens with zero attached hydrogens (tertiary/aromatic N) is 4. The standard InChI is InChI=1S/C21H24FIN4O3/c1-21(2,3)30-20(28)26-8-6-16(7-9-26)27-12-18(23)19(25-27)29-13-15-5-4-14(11-24)10-17(15)22/h4-5,10,12,16H,6-9,13H2,1-3H3. The van der Waals surface area contributed by atoms with Gasteiger partial charge < -0.3 is 14.4 Å². The van der Waals surface area contributed by atoms with Crippen LogP contribution in [-0.2, 0) is 11.3 Å². The predicted octanol–water partition coefficient (Wildman–Crippen LogP) is 4.65. The van der Waals surface area contributed by atoms with Gasteiger partial charge in [0.25, 0.3) is 0 Å². The lowest BCUT2D eigenvalue weighted by Gasteiger charge is -2.33.